The quantitative estimate of drug-likeness (QED) is 0.745. The van der Waals surface area contributed by atoms with Crippen molar-refractivity contribution >= 4 is 31.3 Å². The minimum absolute atomic E-state index is 0.218. The van der Waals surface area contributed by atoms with Crippen LogP contribution in [0.3, 0.4) is 0 Å². The topological polar surface area (TPSA) is 29.5 Å². The van der Waals surface area contributed by atoms with Gasteiger partial charge in [0.25, 0.3) is 0 Å². The Balaban J connectivity index is 2.09. The van der Waals surface area contributed by atoms with E-state index < -0.39 is 5.60 Å². The van der Waals surface area contributed by atoms with E-state index in [9.17, 15) is 4.79 Å². The van der Waals surface area contributed by atoms with Gasteiger partial charge in [0.1, 0.15) is 5.60 Å². The average molecular weight is 313 g/mol. The summed E-state index contributed by atoms with van der Waals surface area (Å²) < 4.78 is 6.82. The molecule has 3 nitrogen and oxygen atoms in total. The number of rotatable bonds is 1. The highest BCUT2D eigenvalue weighted by molar-refractivity contribution is 7.43. The number of fused-ring (bicyclic) bond motifs is 1. The lowest BCUT2D eigenvalue weighted by atomic mass is 9.89. The van der Waals surface area contributed by atoms with Crippen LogP contribution in [0.2, 0.25) is 0 Å². The van der Waals surface area contributed by atoms with Crippen LogP contribution in [0.4, 0.5) is 4.79 Å². The van der Waals surface area contributed by atoms with Gasteiger partial charge >= 0.3 is 6.09 Å². The number of hydrogen-bond acceptors (Lipinski definition) is 3. The Kier molecular flexibility index (Phi) is 4.46. The van der Waals surface area contributed by atoms with Crippen LogP contribution in [0.5, 0.6) is 0 Å². The van der Waals surface area contributed by atoms with Gasteiger partial charge in [0, 0.05) is 22.6 Å². The molecule has 0 N–H and O–H groups in total. The summed E-state index contributed by atoms with van der Waals surface area (Å²) in [7, 11) is 4.70. The van der Waals surface area contributed by atoms with Crippen molar-refractivity contribution in [1.82, 2.24) is 4.90 Å². The molecule has 2 unspecified atom stereocenters. The molecule has 2 rings (SSSR count). The largest absolute Gasteiger partial charge is 0.444 e. The van der Waals surface area contributed by atoms with E-state index >= 15 is 0 Å². The Hall–Kier alpha value is -0.600. The highest BCUT2D eigenvalue weighted by atomic mass is 32.1. The van der Waals surface area contributed by atoms with Crippen molar-refractivity contribution in [3.63, 3.8) is 0 Å². The molecule has 0 aromatic carbocycles. The second-order valence-corrected chi connectivity index (χ2v) is 8.72. The van der Waals surface area contributed by atoms with Gasteiger partial charge in [0.15, 0.2) is 0 Å². The summed E-state index contributed by atoms with van der Waals surface area (Å²) in [6, 6.07) is 0.245. The summed E-state index contributed by atoms with van der Waals surface area (Å²) in [5, 5.41) is 0. The summed E-state index contributed by atoms with van der Waals surface area (Å²) in [6.45, 7) is 7.89. The fourth-order valence-electron chi connectivity index (χ4n) is 2.65. The molecule has 1 aromatic heterocycles. The summed E-state index contributed by atoms with van der Waals surface area (Å²) >= 11 is 1.85. The molecule has 5 heteroatoms. The first-order valence-corrected chi connectivity index (χ1v) is 8.41. The Labute approximate surface area is 127 Å². The first-order valence-electron chi connectivity index (χ1n) is 7.01. The number of carbonyl (C=O) groups is 1. The highest BCUT2D eigenvalue weighted by Gasteiger charge is 2.30. The van der Waals surface area contributed by atoms with Crippen LogP contribution in [0.15, 0.2) is 0 Å². The zero-order valence-electron chi connectivity index (χ0n) is 12.9. The molecule has 0 fully saturated rings. The summed E-state index contributed by atoms with van der Waals surface area (Å²) in [5.41, 5.74) is 2.48. The standard InChI is InChI=1S/C15H24NO2PS/c1-9-12-8-10(6-7-11(12)13(19)20-9)16(5)14(17)18-15(2,3)4/h10H,6-8,19H2,1-5H3. The zero-order valence-corrected chi connectivity index (χ0v) is 14.9. The molecule has 0 radical (unpaired) electrons. The van der Waals surface area contributed by atoms with Crippen molar-refractivity contribution in [2.24, 2.45) is 0 Å². The Morgan fingerprint density at radius 1 is 1.40 bits per heavy atom. The lowest BCUT2D eigenvalue weighted by Gasteiger charge is -2.33. The van der Waals surface area contributed by atoms with Crippen molar-refractivity contribution < 1.29 is 9.53 Å². The Morgan fingerprint density at radius 3 is 2.65 bits per heavy atom. The molecule has 2 atom stereocenters. The maximum atomic E-state index is 12.2. The minimum atomic E-state index is -0.434. The maximum absolute atomic E-state index is 12.2. The molecule has 1 aromatic rings. The van der Waals surface area contributed by atoms with E-state index in [2.05, 4.69) is 16.2 Å². The molecule has 0 saturated carbocycles. The molecular formula is C15H24NO2PS. The van der Waals surface area contributed by atoms with E-state index in [0.29, 0.717) is 0 Å². The number of hydrogen-bond donors (Lipinski definition) is 0. The molecule has 0 bridgehead atoms. The van der Waals surface area contributed by atoms with Gasteiger partial charge in [-0.25, -0.2) is 4.79 Å². The van der Waals surface area contributed by atoms with E-state index in [0.717, 1.165) is 19.3 Å². The number of likely N-dealkylation sites (N-methyl/N-ethyl adjacent to an activating group) is 1. The number of ether oxygens (including phenoxy) is 1. The van der Waals surface area contributed by atoms with Gasteiger partial charge in [0.2, 0.25) is 0 Å². The van der Waals surface area contributed by atoms with Crippen LogP contribution in [-0.2, 0) is 17.6 Å². The molecule has 0 saturated heterocycles. The van der Waals surface area contributed by atoms with Crippen LogP contribution in [0.25, 0.3) is 0 Å². The Morgan fingerprint density at radius 2 is 2.05 bits per heavy atom. The normalized spacial score (nSPS) is 18.6. The van der Waals surface area contributed by atoms with E-state index in [1.165, 1.54) is 20.6 Å². The molecule has 0 spiro atoms. The van der Waals surface area contributed by atoms with Gasteiger partial charge < -0.3 is 9.64 Å². The third-order valence-corrected chi connectivity index (χ3v) is 5.47. The molecular weight excluding hydrogens is 289 g/mol. The Bertz CT molecular complexity index is 519. The van der Waals surface area contributed by atoms with Crippen LogP contribution < -0.4 is 4.62 Å². The van der Waals surface area contributed by atoms with E-state index in [4.69, 9.17) is 4.74 Å². The number of carbonyl (C=O) groups excluding carboxylic acids is 1. The molecule has 1 aliphatic carbocycles. The molecule has 1 heterocycles. The predicted molar refractivity (Wildman–Crippen MR) is 88.2 cm³/mol. The van der Waals surface area contributed by atoms with Crippen molar-refractivity contribution in [3.8, 4) is 0 Å². The van der Waals surface area contributed by atoms with Crippen molar-refractivity contribution in [2.75, 3.05) is 7.05 Å². The second kappa shape index (κ2) is 5.65. The third-order valence-electron chi connectivity index (χ3n) is 3.75. The van der Waals surface area contributed by atoms with Gasteiger partial charge in [-0.3, -0.25) is 0 Å². The smallest absolute Gasteiger partial charge is 0.410 e. The lowest BCUT2D eigenvalue weighted by Crippen LogP contribution is -2.43. The van der Waals surface area contributed by atoms with E-state index in [1.54, 1.807) is 4.90 Å². The third kappa shape index (κ3) is 3.35. The summed E-state index contributed by atoms with van der Waals surface area (Å²) in [6.07, 6.45) is 2.79. The number of nitrogens with zero attached hydrogens (tertiary/aromatic N) is 1. The first kappa shape index (κ1) is 15.8. The van der Waals surface area contributed by atoms with Gasteiger partial charge in [-0.05, 0) is 58.1 Å². The number of amides is 1. The fraction of sp³-hybridized carbons (Fsp3) is 0.667. The van der Waals surface area contributed by atoms with E-state index in [-0.39, 0.29) is 12.1 Å². The van der Waals surface area contributed by atoms with Crippen molar-refractivity contribution in [1.29, 1.82) is 0 Å². The monoisotopic (exact) mass is 313 g/mol. The van der Waals surface area contributed by atoms with Crippen LogP contribution in [0, 0.1) is 6.92 Å². The molecule has 1 amide bonds. The van der Waals surface area contributed by atoms with Crippen LogP contribution in [-0.4, -0.2) is 29.7 Å². The summed E-state index contributed by atoms with van der Waals surface area (Å²) in [5.74, 6) is 0. The number of thiophene rings is 1. The van der Waals surface area contributed by atoms with Crippen LogP contribution >= 0.6 is 20.6 Å². The molecule has 112 valence electrons. The van der Waals surface area contributed by atoms with Gasteiger partial charge in [-0.2, -0.15) is 0 Å². The van der Waals surface area contributed by atoms with E-state index in [1.807, 2.05) is 39.2 Å². The van der Waals surface area contributed by atoms with Crippen LogP contribution in [0.1, 0.15) is 43.2 Å². The predicted octanol–water partition coefficient (Wildman–Crippen LogP) is 3.28. The van der Waals surface area contributed by atoms with Gasteiger partial charge in [-0.1, -0.05) is 9.24 Å². The molecule has 1 aliphatic rings. The molecule has 20 heavy (non-hydrogen) atoms. The van der Waals surface area contributed by atoms with Gasteiger partial charge in [-0.15, -0.1) is 11.3 Å². The number of aryl methyl sites for hydroxylation is 1. The van der Waals surface area contributed by atoms with Crippen molar-refractivity contribution in [2.45, 2.75) is 58.6 Å². The average Bonchev–Trinajstić information content (AvgIpc) is 2.61. The fourth-order valence-corrected chi connectivity index (χ4v) is 4.51. The molecule has 0 aliphatic heterocycles. The summed E-state index contributed by atoms with van der Waals surface area (Å²) in [4.78, 5) is 15.3. The van der Waals surface area contributed by atoms with Crippen molar-refractivity contribution in [3.05, 3.63) is 16.0 Å². The maximum Gasteiger partial charge on any atom is 0.410 e. The first-order chi connectivity index (χ1) is 9.19. The highest BCUT2D eigenvalue weighted by Crippen LogP contribution is 2.31. The second-order valence-electron chi connectivity index (χ2n) is 6.47. The zero-order chi connectivity index (χ0) is 15.1. The minimum Gasteiger partial charge on any atom is -0.444 e. The SMILES string of the molecule is Cc1sc(P)c2c1CC(N(C)C(=O)OC(C)(C)C)CC2. The lowest BCUT2D eigenvalue weighted by molar-refractivity contribution is 0.0210. The van der Waals surface area contributed by atoms with Gasteiger partial charge in [0.05, 0.1) is 0 Å².